The quantitative estimate of drug-likeness (QED) is 0.224. The molecule has 0 fully saturated rings. The maximum Gasteiger partial charge on any atom is 0.331 e. The van der Waals surface area contributed by atoms with Gasteiger partial charge in [-0.25, -0.2) is 4.79 Å². The summed E-state index contributed by atoms with van der Waals surface area (Å²) in [6.45, 7) is 6.29. The summed E-state index contributed by atoms with van der Waals surface area (Å²) in [7, 11) is 0. The summed E-state index contributed by atoms with van der Waals surface area (Å²) < 4.78 is 0. The van der Waals surface area contributed by atoms with Gasteiger partial charge in [0.1, 0.15) is 0 Å². The minimum absolute atomic E-state index is 0.422. The molecule has 0 N–H and O–H groups in total. The van der Waals surface area contributed by atoms with Gasteiger partial charge in [0, 0.05) is 28.2 Å². The smallest absolute Gasteiger partial charge is 0.331 e. The largest absolute Gasteiger partial charge is 0.335 e. The third-order valence-corrected chi connectivity index (χ3v) is 7.07. The van der Waals surface area contributed by atoms with E-state index < -0.39 is 5.97 Å². The Labute approximate surface area is 197 Å². The second-order valence-corrected chi connectivity index (χ2v) is 9.46. The highest BCUT2D eigenvalue weighted by Gasteiger charge is 2.23. The monoisotopic (exact) mass is 460 g/mol. The number of anilines is 1. The van der Waals surface area contributed by atoms with Crippen molar-refractivity contribution in [2.75, 3.05) is 11.4 Å². The van der Waals surface area contributed by atoms with Gasteiger partial charge < -0.3 is 9.74 Å². The van der Waals surface area contributed by atoms with Crippen molar-refractivity contribution in [3.05, 3.63) is 89.0 Å². The Morgan fingerprint density at radius 2 is 1.66 bits per heavy atom. The van der Waals surface area contributed by atoms with Gasteiger partial charge in [0.15, 0.2) is 0 Å². The standard InChI is InChI=1S/C26H24N2O2S2/c1-4-28-24-7-5-6-8-25(24)32-26(28)17-20-9-13-22(14-10-20)31-23-15-11-21(12-16-23)18(2)27-30-19(3)29/h5-17H,4H2,1-3H3. The fourth-order valence-corrected chi connectivity index (χ4v) is 5.35. The molecule has 0 saturated heterocycles. The van der Waals surface area contributed by atoms with Gasteiger partial charge >= 0.3 is 5.97 Å². The normalized spacial score (nSPS) is 14.5. The van der Waals surface area contributed by atoms with Crippen molar-refractivity contribution in [2.45, 2.75) is 35.5 Å². The molecule has 0 spiro atoms. The zero-order valence-corrected chi connectivity index (χ0v) is 19.9. The summed E-state index contributed by atoms with van der Waals surface area (Å²) in [5.74, 6) is -0.422. The number of carbonyl (C=O) groups is 1. The molecule has 4 nitrogen and oxygen atoms in total. The zero-order chi connectivity index (χ0) is 22.5. The van der Waals surface area contributed by atoms with Gasteiger partial charge in [-0.05, 0) is 67.4 Å². The molecule has 0 aliphatic carbocycles. The van der Waals surface area contributed by atoms with E-state index in [1.54, 1.807) is 11.8 Å². The second-order valence-electron chi connectivity index (χ2n) is 7.25. The van der Waals surface area contributed by atoms with E-state index in [4.69, 9.17) is 4.84 Å². The topological polar surface area (TPSA) is 41.9 Å². The number of nitrogens with zero attached hydrogens (tertiary/aromatic N) is 2. The van der Waals surface area contributed by atoms with E-state index in [0.29, 0.717) is 5.71 Å². The zero-order valence-electron chi connectivity index (χ0n) is 18.2. The van der Waals surface area contributed by atoms with Crippen LogP contribution in [0.2, 0.25) is 0 Å². The molecular formula is C26H24N2O2S2. The summed E-state index contributed by atoms with van der Waals surface area (Å²) >= 11 is 3.53. The molecule has 1 heterocycles. The minimum atomic E-state index is -0.422. The predicted molar refractivity (Wildman–Crippen MR) is 134 cm³/mol. The van der Waals surface area contributed by atoms with Crippen LogP contribution in [-0.4, -0.2) is 18.2 Å². The Morgan fingerprint density at radius 1 is 1.00 bits per heavy atom. The molecule has 0 atom stereocenters. The first-order valence-corrected chi connectivity index (χ1v) is 12.0. The molecule has 0 bridgehead atoms. The van der Waals surface area contributed by atoms with Crippen molar-refractivity contribution < 1.29 is 9.63 Å². The summed E-state index contributed by atoms with van der Waals surface area (Å²) in [4.78, 5) is 21.6. The molecule has 0 amide bonds. The first-order valence-electron chi connectivity index (χ1n) is 10.4. The first-order chi connectivity index (χ1) is 15.5. The minimum Gasteiger partial charge on any atom is -0.335 e. The molecule has 0 unspecified atom stereocenters. The van der Waals surface area contributed by atoms with Crippen LogP contribution in [0.1, 0.15) is 31.9 Å². The number of fused-ring (bicyclic) bond motifs is 1. The number of hydrogen-bond donors (Lipinski definition) is 0. The van der Waals surface area contributed by atoms with Gasteiger partial charge in [0.2, 0.25) is 0 Å². The fourth-order valence-electron chi connectivity index (χ4n) is 3.35. The van der Waals surface area contributed by atoms with Crippen molar-refractivity contribution >= 4 is 47.0 Å². The molecule has 6 heteroatoms. The average Bonchev–Trinajstić information content (AvgIpc) is 3.16. The Balaban J connectivity index is 1.43. The van der Waals surface area contributed by atoms with Crippen LogP contribution >= 0.6 is 23.5 Å². The van der Waals surface area contributed by atoms with E-state index >= 15 is 0 Å². The van der Waals surface area contributed by atoms with Crippen molar-refractivity contribution in [1.82, 2.24) is 0 Å². The van der Waals surface area contributed by atoms with E-state index in [9.17, 15) is 4.79 Å². The molecular weight excluding hydrogens is 436 g/mol. The molecule has 0 aromatic heterocycles. The van der Waals surface area contributed by atoms with E-state index in [0.717, 1.165) is 17.0 Å². The van der Waals surface area contributed by atoms with Crippen LogP contribution in [0.5, 0.6) is 0 Å². The number of carbonyl (C=O) groups excluding carboxylic acids is 1. The van der Waals surface area contributed by atoms with E-state index in [2.05, 4.69) is 71.6 Å². The van der Waals surface area contributed by atoms with Crippen LogP contribution in [0.4, 0.5) is 5.69 Å². The Hall–Kier alpha value is -2.96. The van der Waals surface area contributed by atoms with Crippen LogP contribution in [-0.2, 0) is 9.63 Å². The Morgan fingerprint density at radius 3 is 2.31 bits per heavy atom. The third kappa shape index (κ3) is 5.26. The number of hydrogen-bond acceptors (Lipinski definition) is 6. The summed E-state index contributed by atoms with van der Waals surface area (Å²) in [5.41, 5.74) is 4.07. The van der Waals surface area contributed by atoms with Gasteiger partial charge in [-0.2, -0.15) is 0 Å². The van der Waals surface area contributed by atoms with E-state index in [1.807, 2.05) is 43.0 Å². The number of oxime groups is 1. The van der Waals surface area contributed by atoms with Gasteiger partial charge in [-0.3, -0.25) is 0 Å². The second kappa shape index (κ2) is 10.1. The van der Waals surface area contributed by atoms with Crippen LogP contribution < -0.4 is 4.90 Å². The highest BCUT2D eigenvalue weighted by atomic mass is 32.2. The number of thioether (sulfide) groups is 1. The average molecular weight is 461 g/mol. The van der Waals surface area contributed by atoms with E-state index in [1.165, 1.54) is 33.0 Å². The molecule has 0 saturated carbocycles. The number of benzene rings is 3. The number of rotatable bonds is 6. The summed E-state index contributed by atoms with van der Waals surface area (Å²) in [6, 6.07) is 25.3. The molecule has 0 radical (unpaired) electrons. The predicted octanol–water partition coefficient (Wildman–Crippen LogP) is 7.06. The Kier molecular flexibility index (Phi) is 7.02. The van der Waals surface area contributed by atoms with Gasteiger partial charge in [0.05, 0.1) is 16.4 Å². The molecule has 32 heavy (non-hydrogen) atoms. The number of para-hydroxylation sites is 1. The molecule has 3 aromatic rings. The molecule has 1 aliphatic heterocycles. The summed E-state index contributed by atoms with van der Waals surface area (Å²) in [6.07, 6.45) is 2.25. The fraction of sp³-hybridized carbons (Fsp3) is 0.154. The molecule has 162 valence electrons. The van der Waals surface area contributed by atoms with Crippen molar-refractivity contribution in [2.24, 2.45) is 5.16 Å². The molecule has 4 rings (SSSR count). The van der Waals surface area contributed by atoms with Gasteiger partial charge in [0.25, 0.3) is 0 Å². The van der Waals surface area contributed by atoms with Crippen molar-refractivity contribution in [3.63, 3.8) is 0 Å². The highest BCUT2D eigenvalue weighted by Crippen LogP contribution is 2.46. The van der Waals surface area contributed by atoms with Crippen LogP contribution in [0.15, 0.2) is 97.7 Å². The van der Waals surface area contributed by atoms with Gasteiger partial charge in [-0.1, -0.05) is 65.1 Å². The maximum absolute atomic E-state index is 10.9. The molecule has 3 aromatic carbocycles. The van der Waals surface area contributed by atoms with Crippen molar-refractivity contribution in [1.29, 1.82) is 0 Å². The van der Waals surface area contributed by atoms with Crippen LogP contribution in [0, 0.1) is 0 Å². The van der Waals surface area contributed by atoms with Crippen LogP contribution in [0.25, 0.3) is 6.08 Å². The Bertz CT molecular complexity index is 1170. The van der Waals surface area contributed by atoms with E-state index in [-0.39, 0.29) is 0 Å². The first kappa shape index (κ1) is 22.2. The molecule has 1 aliphatic rings. The van der Waals surface area contributed by atoms with Crippen molar-refractivity contribution in [3.8, 4) is 0 Å². The van der Waals surface area contributed by atoms with Crippen LogP contribution in [0.3, 0.4) is 0 Å². The SMILES string of the molecule is CCN1C(=Cc2ccc(Sc3ccc(C(C)=NOC(C)=O)cc3)cc2)Sc2ccccc21. The summed E-state index contributed by atoms with van der Waals surface area (Å²) in [5, 5.41) is 5.09. The lowest BCUT2D eigenvalue weighted by Gasteiger charge is -2.18. The van der Waals surface area contributed by atoms with Gasteiger partial charge in [-0.15, -0.1) is 0 Å². The lowest BCUT2D eigenvalue weighted by Crippen LogP contribution is -2.16. The lowest BCUT2D eigenvalue weighted by atomic mass is 10.1. The maximum atomic E-state index is 10.9. The highest BCUT2D eigenvalue weighted by molar-refractivity contribution is 8.03. The lowest BCUT2D eigenvalue weighted by molar-refractivity contribution is -0.140. The third-order valence-electron chi connectivity index (χ3n) is 4.94.